The van der Waals surface area contributed by atoms with Crippen LogP contribution < -0.4 is 4.74 Å². The van der Waals surface area contributed by atoms with E-state index in [0.29, 0.717) is 34.2 Å². The summed E-state index contributed by atoms with van der Waals surface area (Å²) in [4.78, 5) is 38.2. The number of carbonyl (C=O) groups excluding carboxylic acids is 3. The van der Waals surface area contributed by atoms with Crippen LogP contribution in [-0.4, -0.2) is 29.9 Å². The molecule has 7 heteroatoms. The van der Waals surface area contributed by atoms with Gasteiger partial charge in [0, 0.05) is 17.0 Å². The summed E-state index contributed by atoms with van der Waals surface area (Å²) in [6.07, 6.45) is 8.09. The topological polar surface area (TPSA) is 99.1 Å². The number of benzene rings is 2. The van der Waals surface area contributed by atoms with Crippen molar-refractivity contribution in [3.8, 4) is 11.5 Å². The van der Waals surface area contributed by atoms with Crippen molar-refractivity contribution >= 4 is 17.7 Å². The number of phenols is 1. The van der Waals surface area contributed by atoms with Gasteiger partial charge in [-0.05, 0) is 69.7 Å². The molecule has 4 rings (SSSR count). The summed E-state index contributed by atoms with van der Waals surface area (Å²) < 4.78 is 17.4. The maximum Gasteiger partial charge on any atom is 0.345 e. The molecule has 2 aromatic rings. The minimum absolute atomic E-state index is 0.0821. The number of cyclic esters (lactones) is 1. The Morgan fingerprint density at radius 3 is 2.53 bits per heavy atom. The van der Waals surface area contributed by atoms with Crippen LogP contribution in [0.25, 0.3) is 0 Å². The standard InChI is InChI=1S/C31H36O7/c1-5-6-7-10-23-17-25(33)26(22-11-8-9-19(2)16-22)28-27(23)30(35)38-31(37-28,18-20(3)32)24-14-12-21(13-15-24)29(34)36-4/h12-17,22,33H,5-11,18H2,1-4H3. The Balaban J connectivity index is 1.89. The zero-order valence-electron chi connectivity index (χ0n) is 22.6. The van der Waals surface area contributed by atoms with Crippen molar-refractivity contribution in [1.82, 2.24) is 0 Å². The second kappa shape index (κ2) is 11.4. The first-order chi connectivity index (χ1) is 18.2. The van der Waals surface area contributed by atoms with E-state index in [1.807, 2.05) is 0 Å². The third kappa shape index (κ3) is 5.47. The van der Waals surface area contributed by atoms with Gasteiger partial charge in [-0.25, -0.2) is 9.59 Å². The first-order valence-electron chi connectivity index (χ1n) is 13.4. The van der Waals surface area contributed by atoms with E-state index in [2.05, 4.69) is 19.9 Å². The first kappa shape index (κ1) is 27.4. The lowest BCUT2D eigenvalue weighted by atomic mass is 9.82. The van der Waals surface area contributed by atoms with Crippen LogP contribution in [0, 0.1) is 0 Å². The molecule has 0 fully saturated rings. The van der Waals surface area contributed by atoms with Gasteiger partial charge in [-0.15, -0.1) is 0 Å². The van der Waals surface area contributed by atoms with Gasteiger partial charge in [-0.3, -0.25) is 4.79 Å². The average molecular weight is 521 g/mol. The third-order valence-corrected chi connectivity index (χ3v) is 7.33. The first-order valence-corrected chi connectivity index (χ1v) is 13.4. The molecule has 7 nitrogen and oxygen atoms in total. The number of carbonyl (C=O) groups is 3. The van der Waals surface area contributed by atoms with Gasteiger partial charge >= 0.3 is 11.9 Å². The summed E-state index contributed by atoms with van der Waals surface area (Å²) in [6.45, 7) is 5.57. The maximum atomic E-state index is 13.8. The molecule has 2 atom stereocenters. The van der Waals surface area contributed by atoms with Crippen LogP contribution in [0.1, 0.15) is 109 Å². The smallest absolute Gasteiger partial charge is 0.345 e. The fraction of sp³-hybridized carbons (Fsp3) is 0.452. The Morgan fingerprint density at radius 1 is 1.16 bits per heavy atom. The number of methoxy groups -OCH3 is 1. The number of ether oxygens (including phenoxy) is 3. The van der Waals surface area contributed by atoms with Crippen molar-refractivity contribution in [2.75, 3.05) is 7.11 Å². The summed E-state index contributed by atoms with van der Waals surface area (Å²) >= 11 is 0. The van der Waals surface area contributed by atoms with E-state index in [-0.39, 0.29) is 29.6 Å². The molecule has 2 aliphatic rings. The van der Waals surface area contributed by atoms with Crippen LogP contribution in [0.5, 0.6) is 11.5 Å². The highest BCUT2D eigenvalue weighted by Gasteiger charge is 2.48. The zero-order valence-corrected chi connectivity index (χ0v) is 22.6. The summed E-state index contributed by atoms with van der Waals surface area (Å²) in [7, 11) is 1.30. The average Bonchev–Trinajstić information content (AvgIpc) is 2.87. The molecule has 2 aromatic carbocycles. The molecule has 2 unspecified atom stereocenters. The fourth-order valence-corrected chi connectivity index (χ4v) is 5.49. The van der Waals surface area contributed by atoms with Gasteiger partial charge in [-0.2, -0.15) is 0 Å². The number of hydrogen-bond donors (Lipinski definition) is 1. The second-order valence-electron chi connectivity index (χ2n) is 10.3. The third-order valence-electron chi connectivity index (χ3n) is 7.33. The van der Waals surface area contributed by atoms with Gasteiger partial charge in [0.05, 0.1) is 19.1 Å². The summed E-state index contributed by atoms with van der Waals surface area (Å²) in [6, 6.07) is 7.96. The number of phenolic OH excluding ortho intramolecular Hbond substituents is 1. The molecule has 1 aliphatic carbocycles. The lowest BCUT2D eigenvalue weighted by molar-refractivity contribution is -0.172. The van der Waals surface area contributed by atoms with Crippen LogP contribution >= 0.6 is 0 Å². The predicted molar refractivity (Wildman–Crippen MR) is 142 cm³/mol. The van der Waals surface area contributed by atoms with Gasteiger partial charge in [0.25, 0.3) is 5.79 Å². The predicted octanol–water partition coefficient (Wildman–Crippen LogP) is 6.51. The van der Waals surface area contributed by atoms with Crippen LogP contribution in [0.4, 0.5) is 0 Å². The lowest BCUT2D eigenvalue weighted by Crippen LogP contribution is -2.44. The quantitative estimate of drug-likeness (QED) is 0.229. The van der Waals surface area contributed by atoms with Crippen LogP contribution in [0.3, 0.4) is 0 Å². The molecule has 0 saturated carbocycles. The van der Waals surface area contributed by atoms with E-state index in [4.69, 9.17) is 14.2 Å². The zero-order chi connectivity index (χ0) is 27.4. The monoisotopic (exact) mass is 520 g/mol. The van der Waals surface area contributed by atoms with Crippen molar-refractivity contribution in [3.05, 3.63) is 69.8 Å². The highest BCUT2D eigenvalue weighted by Crippen LogP contribution is 2.50. The van der Waals surface area contributed by atoms with E-state index in [9.17, 15) is 19.5 Å². The Bertz CT molecular complexity index is 1260. The fourth-order valence-electron chi connectivity index (χ4n) is 5.49. The molecule has 0 saturated heterocycles. The molecule has 1 N–H and O–H groups in total. The van der Waals surface area contributed by atoms with E-state index >= 15 is 0 Å². The Morgan fingerprint density at radius 2 is 1.89 bits per heavy atom. The maximum absolute atomic E-state index is 13.8. The Hall–Kier alpha value is -3.61. The van der Waals surface area contributed by atoms with Crippen molar-refractivity contribution in [1.29, 1.82) is 0 Å². The van der Waals surface area contributed by atoms with Gasteiger partial charge < -0.3 is 19.3 Å². The van der Waals surface area contributed by atoms with E-state index < -0.39 is 17.7 Å². The van der Waals surface area contributed by atoms with E-state index in [1.54, 1.807) is 30.3 Å². The number of aryl methyl sites for hydroxylation is 1. The molecule has 1 heterocycles. The van der Waals surface area contributed by atoms with Crippen LogP contribution in [0.15, 0.2) is 42.0 Å². The molecule has 38 heavy (non-hydrogen) atoms. The van der Waals surface area contributed by atoms with Gasteiger partial charge in [0.2, 0.25) is 0 Å². The highest BCUT2D eigenvalue weighted by molar-refractivity contribution is 5.97. The summed E-state index contributed by atoms with van der Waals surface area (Å²) in [5, 5.41) is 11.3. The molecule has 0 spiro atoms. The van der Waals surface area contributed by atoms with E-state index in [0.717, 1.165) is 38.5 Å². The second-order valence-corrected chi connectivity index (χ2v) is 10.3. The number of rotatable bonds is 9. The largest absolute Gasteiger partial charge is 0.507 e. The number of unbranched alkanes of at least 4 members (excludes halogenated alkanes) is 2. The highest BCUT2D eigenvalue weighted by atomic mass is 16.7. The summed E-state index contributed by atoms with van der Waals surface area (Å²) in [5.41, 5.74) is 3.49. The lowest BCUT2D eigenvalue weighted by Gasteiger charge is -2.40. The van der Waals surface area contributed by atoms with Crippen molar-refractivity contribution < 1.29 is 33.7 Å². The number of allylic oxidation sites excluding steroid dienone is 2. The molecule has 0 aromatic heterocycles. The molecule has 202 valence electrons. The van der Waals surface area contributed by atoms with Gasteiger partial charge in [-0.1, -0.05) is 43.5 Å². The van der Waals surface area contributed by atoms with Crippen molar-refractivity contribution in [3.63, 3.8) is 0 Å². The van der Waals surface area contributed by atoms with Gasteiger partial charge in [0.15, 0.2) is 0 Å². The van der Waals surface area contributed by atoms with Crippen molar-refractivity contribution in [2.24, 2.45) is 0 Å². The molecular weight excluding hydrogens is 484 g/mol. The normalized spacial score (nSPS) is 20.6. The van der Waals surface area contributed by atoms with Crippen LogP contribution in [-0.2, 0) is 26.5 Å². The number of fused-ring (bicyclic) bond motifs is 1. The SMILES string of the molecule is CCCCCc1cc(O)c(C2C=C(C)CCC2)c2c1C(=O)OC(CC(C)=O)(c1ccc(C(=O)OC)cc1)O2. The van der Waals surface area contributed by atoms with Crippen LogP contribution in [0.2, 0.25) is 0 Å². The van der Waals surface area contributed by atoms with E-state index in [1.165, 1.54) is 19.6 Å². The Labute approximate surface area is 223 Å². The molecule has 0 bridgehead atoms. The number of aromatic hydroxyl groups is 1. The van der Waals surface area contributed by atoms with Crippen molar-refractivity contribution in [2.45, 2.75) is 83.8 Å². The number of Topliss-reactive ketones (excluding diaryl/α,β-unsaturated/α-hetero) is 1. The minimum atomic E-state index is -1.73. The molecule has 0 radical (unpaired) electrons. The number of esters is 2. The summed E-state index contributed by atoms with van der Waals surface area (Å²) in [5.74, 6) is -2.84. The molecule has 1 aliphatic heterocycles. The number of hydrogen-bond acceptors (Lipinski definition) is 7. The van der Waals surface area contributed by atoms with Gasteiger partial charge in [0.1, 0.15) is 22.8 Å². The molecular formula is C31H36O7. The minimum Gasteiger partial charge on any atom is -0.507 e. The Kier molecular flexibility index (Phi) is 8.24. The number of ketones is 1. The molecule has 0 amide bonds.